The average molecular weight is 504 g/mol. The summed E-state index contributed by atoms with van der Waals surface area (Å²) < 4.78 is 62.8. The Kier molecular flexibility index (Phi) is 6.59. The number of hydrogen-bond acceptors (Lipinski definition) is 6. The number of nitrogens with zero attached hydrogens (tertiary/aromatic N) is 2. The number of hydrogen-bond donors (Lipinski definition) is 0. The first-order valence-corrected chi connectivity index (χ1v) is 11.5. The predicted molar refractivity (Wildman–Crippen MR) is 130 cm³/mol. The van der Waals surface area contributed by atoms with Gasteiger partial charge in [-0.25, -0.2) is 4.98 Å². The molecule has 1 saturated heterocycles. The Balaban J connectivity index is 1.69. The van der Waals surface area contributed by atoms with Crippen LogP contribution in [0.5, 0.6) is 11.5 Å². The highest BCUT2D eigenvalue weighted by Crippen LogP contribution is 2.37. The number of ether oxygens (including phenoxy) is 2. The third-order valence-corrected chi connectivity index (χ3v) is 6.78. The SMILES string of the molecule is COc1cc(-n2cnc3cc(B4OC(C)(C)C(C)(C)O4)ccc32)cc(OC)c1C(=O)CCC(F)(F)F. The molecule has 2 heterocycles. The summed E-state index contributed by atoms with van der Waals surface area (Å²) in [5.41, 5.74) is 1.87. The van der Waals surface area contributed by atoms with Gasteiger partial charge in [-0.15, -0.1) is 0 Å². The Labute approximate surface area is 207 Å². The second-order valence-corrected chi connectivity index (χ2v) is 9.71. The molecule has 4 rings (SSSR count). The molecule has 0 radical (unpaired) electrons. The largest absolute Gasteiger partial charge is 0.496 e. The van der Waals surface area contributed by atoms with Crippen LogP contribution in [0.3, 0.4) is 0 Å². The fourth-order valence-electron chi connectivity index (χ4n) is 4.05. The van der Waals surface area contributed by atoms with Crippen molar-refractivity contribution in [1.29, 1.82) is 0 Å². The summed E-state index contributed by atoms with van der Waals surface area (Å²) in [6.07, 6.45) is -4.76. The van der Waals surface area contributed by atoms with E-state index in [2.05, 4.69) is 4.98 Å². The number of ketones is 1. The molecule has 0 saturated carbocycles. The van der Waals surface area contributed by atoms with Crippen LogP contribution in [0.4, 0.5) is 13.2 Å². The second kappa shape index (κ2) is 9.12. The van der Waals surface area contributed by atoms with Gasteiger partial charge in [0.05, 0.1) is 48.6 Å². The van der Waals surface area contributed by atoms with Crippen LogP contribution in [0.1, 0.15) is 50.9 Å². The summed E-state index contributed by atoms with van der Waals surface area (Å²) in [7, 11) is 2.16. The first kappa shape index (κ1) is 26.0. The molecule has 0 amide bonds. The van der Waals surface area contributed by atoms with Gasteiger partial charge in [-0.3, -0.25) is 9.36 Å². The van der Waals surface area contributed by atoms with Crippen LogP contribution in [-0.4, -0.2) is 54.1 Å². The van der Waals surface area contributed by atoms with Crippen LogP contribution in [-0.2, 0) is 9.31 Å². The first-order valence-electron chi connectivity index (χ1n) is 11.5. The lowest BCUT2D eigenvalue weighted by atomic mass is 9.79. The van der Waals surface area contributed by atoms with E-state index in [0.29, 0.717) is 11.2 Å². The Bertz CT molecular complexity index is 1260. The number of aromatic nitrogens is 2. The molecule has 0 atom stereocenters. The topological polar surface area (TPSA) is 71.8 Å². The average Bonchev–Trinajstić information content (AvgIpc) is 3.32. The van der Waals surface area contributed by atoms with Gasteiger partial charge in [-0.1, -0.05) is 6.07 Å². The van der Waals surface area contributed by atoms with E-state index in [1.165, 1.54) is 14.2 Å². The molecule has 0 bridgehead atoms. The lowest BCUT2D eigenvalue weighted by molar-refractivity contribution is -0.133. The van der Waals surface area contributed by atoms with Crippen LogP contribution >= 0.6 is 0 Å². The number of methoxy groups -OCH3 is 2. The molecule has 1 fully saturated rings. The van der Waals surface area contributed by atoms with Crippen LogP contribution in [0.2, 0.25) is 0 Å². The van der Waals surface area contributed by atoms with Gasteiger partial charge < -0.3 is 18.8 Å². The zero-order chi connectivity index (χ0) is 26.5. The monoisotopic (exact) mass is 504 g/mol. The van der Waals surface area contributed by atoms with Gasteiger partial charge in [-0.2, -0.15) is 13.2 Å². The molecule has 0 unspecified atom stereocenters. The van der Waals surface area contributed by atoms with Crippen molar-refractivity contribution in [3.63, 3.8) is 0 Å². The van der Waals surface area contributed by atoms with E-state index >= 15 is 0 Å². The molecule has 36 heavy (non-hydrogen) atoms. The van der Waals surface area contributed by atoms with Crippen molar-refractivity contribution in [1.82, 2.24) is 9.55 Å². The molecule has 7 nitrogen and oxygen atoms in total. The van der Waals surface area contributed by atoms with Gasteiger partial charge in [0, 0.05) is 18.6 Å². The maximum Gasteiger partial charge on any atom is 0.494 e. The fourth-order valence-corrected chi connectivity index (χ4v) is 4.05. The third-order valence-electron chi connectivity index (χ3n) is 6.78. The van der Waals surface area contributed by atoms with Crippen molar-refractivity contribution < 1.29 is 36.7 Å². The first-order chi connectivity index (χ1) is 16.8. The minimum absolute atomic E-state index is 0.0273. The zero-order valence-corrected chi connectivity index (χ0v) is 21.0. The molecular formula is C25H28BF3N2O5. The number of fused-ring (bicyclic) bond motifs is 1. The van der Waals surface area contributed by atoms with Crippen molar-refractivity contribution in [2.45, 2.75) is 57.9 Å². The van der Waals surface area contributed by atoms with E-state index in [0.717, 1.165) is 11.0 Å². The Morgan fingerprint density at radius 3 is 2.14 bits per heavy atom. The quantitative estimate of drug-likeness (QED) is 0.338. The Morgan fingerprint density at radius 1 is 1.03 bits per heavy atom. The highest BCUT2D eigenvalue weighted by molar-refractivity contribution is 6.62. The van der Waals surface area contributed by atoms with Crippen molar-refractivity contribution in [3.8, 4) is 17.2 Å². The summed E-state index contributed by atoms with van der Waals surface area (Å²) in [4.78, 5) is 17.1. The number of rotatable bonds is 7. The fraction of sp³-hybridized carbons (Fsp3) is 0.440. The maximum absolute atomic E-state index is 12.7. The number of Topliss-reactive ketones (excluding diaryl/α,β-unsaturated/α-hetero) is 1. The number of imidazole rings is 1. The summed E-state index contributed by atoms with van der Waals surface area (Å²) in [6, 6.07) is 8.81. The predicted octanol–water partition coefficient (Wildman–Crippen LogP) is 4.87. The molecule has 192 valence electrons. The van der Waals surface area contributed by atoms with E-state index in [4.69, 9.17) is 18.8 Å². The number of halogens is 3. The lowest BCUT2D eigenvalue weighted by Crippen LogP contribution is -2.41. The number of benzene rings is 2. The second-order valence-electron chi connectivity index (χ2n) is 9.71. The number of carbonyl (C=O) groups excluding carboxylic acids is 1. The summed E-state index contributed by atoms with van der Waals surface area (Å²) >= 11 is 0. The molecule has 3 aromatic rings. The van der Waals surface area contributed by atoms with Gasteiger partial charge in [0.2, 0.25) is 0 Å². The van der Waals surface area contributed by atoms with Crippen molar-refractivity contribution >= 4 is 29.4 Å². The van der Waals surface area contributed by atoms with Gasteiger partial charge in [-0.05, 0) is 45.3 Å². The van der Waals surface area contributed by atoms with E-state index < -0.39 is 43.1 Å². The van der Waals surface area contributed by atoms with Gasteiger partial charge in [0.25, 0.3) is 0 Å². The van der Waals surface area contributed by atoms with E-state index in [1.54, 1.807) is 23.0 Å². The van der Waals surface area contributed by atoms with Gasteiger partial charge >= 0.3 is 13.3 Å². The minimum Gasteiger partial charge on any atom is -0.496 e. The normalized spacial score (nSPS) is 17.0. The molecule has 1 aliphatic rings. The highest BCUT2D eigenvalue weighted by Gasteiger charge is 2.51. The number of alkyl halides is 3. The van der Waals surface area contributed by atoms with Crippen LogP contribution < -0.4 is 14.9 Å². The van der Waals surface area contributed by atoms with E-state index in [1.807, 2.05) is 45.9 Å². The maximum atomic E-state index is 12.7. The standard InChI is InChI=1S/C25H28BF3N2O5/c1-23(2)24(3,4)36-26(35-23)15-7-8-18-17(11-15)30-14-31(18)16-12-20(33-5)22(21(13-16)34-6)19(32)9-10-25(27,28)29/h7-8,11-14H,9-10H2,1-6H3. The summed E-state index contributed by atoms with van der Waals surface area (Å²) in [6.45, 7) is 7.94. The summed E-state index contributed by atoms with van der Waals surface area (Å²) in [5, 5.41) is 0. The smallest absolute Gasteiger partial charge is 0.494 e. The van der Waals surface area contributed by atoms with Crippen LogP contribution in [0.25, 0.3) is 16.7 Å². The lowest BCUT2D eigenvalue weighted by Gasteiger charge is -2.32. The van der Waals surface area contributed by atoms with E-state index in [9.17, 15) is 18.0 Å². The molecule has 0 spiro atoms. The third kappa shape index (κ3) is 4.81. The molecule has 1 aliphatic heterocycles. The molecule has 2 aromatic carbocycles. The van der Waals surface area contributed by atoms with Crippen LogP contribution in [0.15, 0.2) is 36.7 Å². The Hall–Kier alpha value is -3.05. The van der Waals surface area contributed by atoms with Crippen molar-refractivity contribution in [2.75, 3.05) is 14.2 Å². The molecule has 0 N–H and O–H groups in total. The molecule has 1 aromatic heterocycles. The van der Waals surface area contributed by atoms with Crippen LogP contribution in [0, 0.1) is 0 Å². The van der Waals surface area contributed by atoms with Crippen molar-refractivity contribution in [2.24, 2.45) is 0 Å². The highest BCUT2D eigenvalue weighted by atomic mass is 19.4. The van der Waals surface area contributed by atoms with E-state index in [-0.39, 0.29) is 17.1 Å². The Morgan fingerprint density at radius 2 is 1.61 bits per heavy atom. The molecule has 11 heteroatoms. The minimum atomic E-state index is -4.44. The molecule has 0 aliphatic carbocycles. The van der Waals surface area contributed by atoms with Gasteiger partial charge in [0.15, 0.2) is 5.78 Å². The molecular weight excluding hydrogens is 476 g/mol. The summed E-state index contributed by atoms with van der Waals surface area (Å²) in [5.74, 6) is -0.477. The number of carbonyl (C=O) groups is 1. The zero-order valence-electron chi connectivity index (χ0n) is 21.0. The van der Waals surface area contributed by atoms with Gasteiger partial charge in [0.1, 0.15) is 23.4 Å². The van der Waals surface area contributed by atoms with Crippen molar-refractivity contribution in [3.05, 3.63) is 42.2 Å².